The molecule has 0 fully saturated rings. The Labute approximate surface area is 122 Å². The van der Waals surface area contributed by atoms with Crippen LogP contribution in [-0.4, -0.2) is 9.97 Å². The molecule has 0 atom stereocenters. The molecule has 3 aromatic rings. The molecule has 0 unspecified atom stereocenters. The maximum Gasteiger partial charge on any atom is 0.142 e. The van der Waals surface area contributed by atoms with Crippen LogP contribution in [0.3, 0.4) is 0 Å². The van der Waals surface area contributed by atoms with Gasteiger partial charge in [-0.25, -0.2) is 4.98 Å². The Bertz CT molecular complexity index is 819. The van der Waals surface area contributed by atoms with Crippen molar-refractivity contribution >= 4 is 16.7 Å². The van der Waals surface area contributed by atoms with E-state index >= 15 is 0 Å². The molecule has 0 spiro atoms. The summed E-state index contributed by atoms with van der Waals surface area (Å²) in [7, 11) is 0. The number of fused-ring (bicyclic) bond motifs is 1. The van der Waals surface area contributed by atoms with E-state index in [0.29, 0.717) is 5.56 Å². The zero-order valence-electron chi connectivity index (χ0n) is 11.5. The van der Waals surface area contributed by atoms with E-state index in [-0.39, 0.29) is 5.82 Å². The van der Waals surface area contributed by atoms with Gasteiger partial charge in [-0.3, -0.25) is 4.98 Å². The number of hydrogen-bond acceptors (Lipinski definition) is 4. The van der Waals surface area contributed by atoms with Crippen molar-refractivity contribution in [3.63, 3.8) is 0 Å². The number of aryl methyl sites for hydroxylation is 2. The van der Waals surface area contributed by atoms with Crippen LogP contribution in [-0.2, 0) is 12.8 Å². The van der Waals surface area contributed by atoms with Crippen molar-refractivity contribution < 1.29 is 0 Å². The first-order chi connectivity index (χ1) is 10.3. The van der Waals surface area contributed by atoms with Crippen LogP contribution in [0.5, 0.6) is 0 Å². The zero-order valence-corrected chi connectivity index (χ0v) is 11.5. The third kappa shape index (κ3) is 2.54. The first-order valence-corrected chi connectivity index (χ1v) is 6.75. The number of aromatic nitrogens is 2. The number of nitriles is 1. The molecule has 4 nitrogen and oxygen atoms in total. The third-order valence-corrected chi connectivity index (χ3v) is 3.54. The maximum absolute atomic E-state index is 9.37. The molecule has 0 bridgehead atoms. The van der Waals surface area contributed by atoms with Gasteiger partial charge in [0.05, 0.1) is 17.3 Å². The Balaban J connectivity index is 2.05. The summed E-state index contributed by atoms with van der Waals surface area (Å²) in [5.74, 6) is 0.279. The molecule has 0 radical (unpaired) electrons. The molecule has 102 valence electrons. The average molecular weight is 274 g/mol. The molecule has 0 aliphatic carbocycles. The minimum absolute atomic E-state index is 0.279. The summed E-state index contributed by atoms with van der Waals surface area (Å²) in [6.07, 6.45) is 5.00. The minimum atomic E-state index is 0.279. The normalized spacial score (nSPS) is 10.4. The Kier molecular flexibility index (Phi) is 3.48. The van der Waals surface area contributed by atoms with Crippen LogP contribution in [0.1, 0.15) is 16.7 Å². The number of pyridine rings is 2. The maximum atomic E-state index is 9.37. The Morgan fingerprint density at radius 3 is 2.67 bits per heavy atom. The molecule has 1 aromatic carbocycles. The lowest BCUT2D eigenvalue weighted by Crippen LogP contribution is -2.03. The van der Waals surface area contributed by atoms with Crippen LogP contribution < -0.4 is 5.73 Å². The molecule has 4 heteroatoms. The van der Waals surface area contributed by atoms with E-state index in [1.807, 2.05) is 24.3 Å². The van der Waals surface area contributed by atoms with Crippen LogP contribution in [0, 0.1) is 11.3 Å². The van der Waals surface area contributed by atoms with Crippen LogP contribution in [0.25, 0.3) is 10.9 Å². The van der Waals surface area contributed by atoms with Gasteiger partial charge < -0.3 is 5.73 Å². The highest BCUT2D eigenvalue weighted by Crippen LogP contribution is 2.25. The number of rotatable bonds is 3. The second-order valence-corrected chi connectivity index (χ2v) is 4.84. The number of nitrogens with two attached hydrogens (primary N) is 1. The summed E-state index contributed by atoms with van der Waals surface area (Å²) in [4.78, 5) is 8.32. The lowest BCUT2D eigenvalue weighted by Gasteiger charge is -2.10. The van der Waals surface area contributed by atoms with Crippen molar-refractivity contribution in [1.82, 2.24) is 9.97 Å². The van der Waals surface area contributed by atoms with Gasteiger partial charge in [-0.2, -0.15) is 5.26 Å². The summed E-state index contributed by atoms with van der Waals surface area (Å²) < 4.78 is 0. The zero-order chi connectivity index (χ0) is 14.7. The molecule has 0 saturated heterocycles. The van der Waals surface area contributed by atoms with Crippen molar-refractivity contribution in [3.8, 4) is 6.07 Å². The molecule has 3 rings (SSSR count). The monoisotopic (exact) mass is 274 g/mol. The lowest BCUT2D eigenvalue weighted by atomic mass is 9.97. The van der Waals surface area contributed by atoms with Crippen LogP contribution in [0.15, 0.2) is 48.8 Å². The predicted molar refractivity (Wildman–Crippen MR) is 82.5 cm³/mol. The molecule has 2 heterocycles. The van der Waals surface area contributed by atoms with Gasteiger partial charge in [0.1, 0.15) is 11.9 Å². The van der Waals surface area contributed by atoms with Gasteiger partial charge in [0.25, 0.3) is 0 Å². The van der Waals surface area contributed by atoms with E-state index in [0.717, 1.165) is 29.3 Å². The molecule has 0 amide bonds. The molecular formula is C17H14N4. The van der Waals surface area contributed by atoms with Crippen molar-refractivity contribution in [2.24, 2.45) is 0 Å². The summed E-state index contributed by atoms with van der Waals surface area (Å²) in [6, 6.07) is 14.3. The molecule has 21 heavy (non-hydrogen) atoms. The van der Waals surface area contributed by atoms with Crippen LogP contribution in [0.4, 0.5) is 5.82 Å². The standard InChI is InChI=1S/C17H14N4/c18-10-15-13(7-6-12-4-2-1-3-5-12)14-8-9-20-11-16(14)21-17(15)19/h1-5,8-9,11H,6-7H2,(H2,19,21). The number of benzene rings is 1. The molecule has 2 N–H and O–H groups in total. The Morgan fingerprint density at radius 2 is 1.90 bits per heavy atom. The summed E-state index contributed by atoms with van der Waals surface area (Å²) in [5, 5.41) is 10.3. The van der Waals surface area contributed by atoms with Gasteiger partial charge in [0.2, 0.25) is 0 Å². The minimum Gasteiger partial charge on any atom is -0.383 e. The highest BCUT2D eigenvalue weighted by Gasteiger charge is 2.13. The number of nitrogens with zero attached hydrogens (tertiary/aromatic N) is 3. The number of hydrogen-bond donors (Lipinski definition) is 1. The molecule has 0 aliphatic rings. The van der Waals surface area contributed by atoms with Gasteiger partial charge >= 0.3 is 0 Å². The van der Waals surface area contributed by atoms with Gasteiger partial charge in [0, 0.05) is 11.6 Å². The van der Waals surface area contributed by atoms with E-state index in [1.54, 1.807) is 12.4 Å². The summed E-state index contributed by atoms with van der Waals surface area (Å²) in [5.41, 5.74) is 9.30. The second kappa shape index (κ2) is 5.59. The largest absolute Gasteiger partial charge is 0.383 e. The number of nitrogen functional groups attached to an aromatic ring is 1. The quantitative estimate of drug-likeness (QED) is 0.796. The first-order valence-electron chi connectivity index (χ1n) is 6.75. The fourth-order valence-corrected chi connectivity index (χ4v) is 2.50. The first kappa shape index (κ1) is 13.1. The van der Waals surface area contributed by atoms with E-state index in [4.69, 9.17) is 5.73 Å². The van der Waals surface area contributed by atoms with Crippen molar-refractivity contribution in [2.75, 3.05) is 5.73 Å². The van der Waals surface area contributed by atoms with Crippen molar-refractivity contribution in [1.29, 1.82) is 5.26 Å². The van der Waals surface area contributed by atoms with E-state index in [2.05, 4.69) is 28.2 Å². The average Bonchev–Trinajstić information content (AvgIpc) is 2.53. The van der Waals surface area contributed by atoms with Gasteiger partial charge in [-0.1, -0.05) is 30.3 Å². The third-order valence-electron chi connectivity index (χ3n) is 3.54. The van der Waals surface area contributed by atoms with Gasteiger partial charge in [-0.05, 0) is 30.0 Å². The Morgan fingerprint density at radius 1 is 1.10 bits per heavy atom. The Hall–Kier alpha value is -2.93. The summed E-state index contributed by atoms with van der Waals surface area (Å²) >= 11 is 0. The van der Waals surface area contributed by atoms with Crippen molar-refractivity contribution in [3.05, 3.63) is 65.5 Å². The van der Waals surface area contributed by atoms with Crippen LogP contribution >= 0.6 is 0 Å². The fraction of sp³-hybridized carbons (Fsp3) is 0.118. The smallest absolute Gasteiger partial charge is 0.142 e. The predicted octanol–water partition coefficient (Wildman–Crippen LogP) is 2.87. The topological polar surface area (TPSA) is 75.6 Å². The van der Waals surface area contributed by atoms with Gasteiger partial charge in [-0.15, -0.1) is 0 Å². The van der Waals surface area contributed by atoms with E-state index < -0.39 is 0 Å². The summed E-state index contributed by atoms with van der Waals surface area (Å²) in [6.45, 7) is 0. The van der Waals surface area contributed by atoms with E-state index in [9.17, 15) is 5.26 Å². The highest BCUT2D eigenvalue weighted by molar-refractivity contribution is 5.86. The lowest BCUT2D eigenvalue weighted by molar-refractivity contribution is 0.962. The number of anilines is 1. The van der Waals surface area contributed by atoms with Crippen LogP contribution in [0.2, 0.25) is 0 Å². The molecular weight excluding hydrogens is 260 g/mol. The molecule has 0 saturated carbocycles. The molecule has 0 aliphatic heterocycles. The SMILES string of the molecule is N#Cc1c(N)nc2cnccc2c1CCc1ccccc1. The van der Waals surface area contributed by atoms with Gasteiger partial charge in [0.15, 0.2) is 0 Å². The second-order valence-electron chi connectivity index (χ2n) is 4.84. The molecule has 2 aromatic heterocycles. The fourth-order valence-electron chi connectivity index (χ4n) is 2.50. The van der Waals surface area contributed by atoms with E-state index in [1.165, 1.54) is 5.56 Å². The highest BCUT2D eigenvalue weighted by atomic mass is 14.9. The van der Waals surface area contributed by atoms with Crippen molar-refractivity contribution in [2.45, 2.75) is 12.8 Å².